The van der Waals surface area contributed by atoms with Crippen LogP contribution in [0.25, 0.3) is 22.4 Å². The Hall–Kier alpha value is -3.66. The molecule has 1 saturated heterocycles. The number of halogens is 3. The predicted molar refractivity (Wildman–Crippen MR) is 115 cm³/mol. The predicted octanol–water partition coefficient (Wildman–Crippen LogP) is 3.96. The van der Waals surface area contributed by atoms with E-state index < -0.39 is 11.7 Å². The highest BCUT2D eigenvalue weighted by Crippen LogP contribution is 2.30. The van der Waals surface area contributed by atoms with Gasteiger partial charge in [-0.05, 0) is 35.9 Å². The third-order valence-electron chi connectivity index (χ3n) is 5.71. The van der Waals surface area contributed by atoms with Gasteiger partial charge in [0.15, 0.2) is 5.43 Å². The molecule has 1 aliphatic rings. The molecule has 33 heavy (non-hydrogen) atoms. The van der Waals surface area contributed by atoms with Gasteiger partial charge in [-0.15, -0.1) is 5.10 Å². The van der Waals surface area contributed by atoms with Gasteiger partial charge in [-0.2, -0.15) is 13.2 Å². The summed E-state index contributed by atoms with van der Waals surface area (Å²) >= 11 is 0. The van der Waals surface area contributed by atoms with Crippen molar-refractivity contribution >= 4 is 16.6 Å². The Bertz CT molecular complexity index is 1330. The Kier molecular flexibility index (Phi) is 5.37. The third kappa shape index (κ3) is 4.21. The van der Waals surface area contributed by atoms with Crippen LogP contribution >= 0.6 is 0 Å². The molecule has 3 heterocycles. The van der Waals surface area contributed by atoms with E-state index in [9.17, 15) is 18.0 Å². The number of nitrogens with zero attached hydrogens (tertiary/aromatic N) is 4. The number of pyridine rings is 1. The van der Waals surface area contributed by atoms with E-state index in [1.54, 1.807) is 6.07 Å². The lowest BCUT2D eigenvalue weighted by molar-refractivity contribution is -0.137. The van der Waals surface area contributed by atoms with Crippen LogP contribution in [0.5, 0.6) is 0 Å². The maximum atomic E-state index is 13.0. The first kappa shape index (κ1) is 21.2. The van der Waals surface area contributed by atoms with Gasteiger partial charge in [0.05, 0.1) is 30.0 Å². The Balaban J connectivity index is 1.65. The molecular weight excluding hydrogens is 437 g/mol. The lowest BCUT2D eigenvalue weighted by Crippen LogP contribution is -2.36. The quantitative estimate of drug-likeness (QED) is 0.463. The number of alkyl halides is 3. The molecule has 7 nitrogen and oxygen atoms in total. The fourth-order valence-corrected chi connectivity index (χ4v) is 4.02. The average molecular weight is 456 g/mol. The highest BCUT2D eigenvalue weighted by atomic mass is 19.4. The zero-order chi connectivity index (χ0) is 23.0. The first-order valence-electron chi connectivity index (χ1n) is 10.3. The second kappa shape index (κ2) is 8.36. The van der Waals surface area contributed by atoms with E-state index >= 15 is 0 Å². The largest absolute Gasteiger partial charge is 0.416 e. The second-order valence-corrected chi connectivity index (χ2v) is 7.76. The molecule has 4 aromatic rings. The molecule has 2 aromatic heterocycles. The molecule has 0 aliphatic carbocycles. The van der Waals surface area contributed by atoms with Crippen LogP contribution in [0.4, 0.5) is 18.9 Å². The number of rotatable bonds is 4. The van der Waals surface area contributed by atoms with Gasteiger partial charge in [0.1, 0.15) is 6.20 Å². The zero-order valence-corrected chi connectivity index (χ0v) is 17.4. The third-order valence-corrected chi connectivity index (χ3v) is 5.71. The van der Waals surface area contributed by atoms with E-state index in [1.807, 2.05) is 16.7 Å². The standard InChI is InChI=1S/C23H19F3N4O3/c24-23(25,26)16-3-1-15(2-4-16)14-30-19-11-17(29-7-9-32-10-8-29)5-6-18(19)21(31)12-20(30)22-13-27-28-33-22/h1-6,11-13H,7-10,14H2. The van der Waals surface area contributed by atoms with Crippen molar-refractivity contribution in [2.24, 2.45) is 0 Å². The van der Waals surface area contributed by atoms with Gasteiger partial charge in [0.25, 0.3) is 0 Å². The SMILES string of the molecule is O=c1cc(-c2cnno2)n(Cc2ccc(C(F)(F)F)cc2)c2cc(N3CCOCC3)ccc12. The van der Waals surface area contributed by atoms with Gasteiger partial charge < -0.3 is 18.7 Å². The van der Waals surface area contributed by atoms with Gasteiger partial charge in [0, 0.05) is 42.0 Å². The van der Waals surface area contributed by atoms with Crippen molar-refractivity contribution in [2.45, 2.75) is 12.7 Å². The summed E-state index contributed by atoms with van der Waals surface area (Å²) in [4.78, 5) is 15.1. The highest BCUT2D eigenvalue weighted by Gasteiger charge is 2.30. The fraction of sp³-hybridized carbons (Fsp3) is 0.261. The van der Waals surface area contributed by atoms with Crippen LogP contribution in [0.2, 0.25) is 0 Å². The molecule has 0 saturated carbocycles. The Morgan fingerprint density at radius 3 is 2.42 bits per heavy atom. The minimum Gasteiger partial charge on any atom is -0.378 e. The molecule has 0 N–H and O–H groups in total. The molecule has 1 fully saturated rings. The molecule has 2 aromatic carbocycles. The number of benzene rings is 2. The molecule has 10 heteroatoms. The molecule has 0 radical (unpaired) electrons. The van der Waals surface area contributed by atoms with Crippen LogP contribution in [0, 0.1) is 0 Å². The number of hydrogen-bond acceptors (Lipinski definition) is 6. The van der Waals surface area contributed by atoms with E-state index in [4.69, 9.17) is 9.26 Å². The van der Waals surface area contributed by atoms with E-state index in [0.717, 1.165) is 30.9 Å². The van der Waals surface area contributed by atoms with Crippen molar-refractivity contribution in [1.29, 1.82) is 0 Å². The Morgan fingerprint density at radius 1 is 1.00 bits per heavy atom. The minimum absolute atomic E-state index is 0.200. The summed E-state index contributed by atoms with van der Waals surface area (Å²) in [5.41, 5.74) is 1.73. The van der Waals surface area contributed by atoms with E-state index in [2.05, 4.69) is 15.3 Å². The first-order chi connectivity index (χ1) is 15.9. The number of fused-ring (bicyclic) bond motifs is 1. The smallest absolute Gasteiger partial charge is 0.378 e. The number of anilines is 1. The fourth-order valence-electron chi connectivity index (χ4n) is 4.02. The molecule has 1 aliphatic heterocycles. The number of morpholine rings is 1. The van der Waals surface area contributed by atoms with Gasteiger partial charge in [-0.3, -0.25) is 4.79 Å². The summed E-state index contributed by atoms with van der Waals surface area (Å²) in [5, 5.41) is 7.70. The van der Waals surface area contributed by atoms with E-state index in [-0.39, 0.29) is 17.7 Å². The van der Waals surface area contributed by atoms with Crippen molar-refractivity contribution in [2.75, 3.05) is 31.2 Å². The molecule has 5 rings (SSSR count). The van der Waals surface area contributed by atoms with Crippen LogP contribution in [-0.2, 0) is 17.5 Å². The van der Waals surface area contributed by atoms with Gasteiger partial charge in [0.2, 0.25) is 5.76 Å². The molecule has 0 unspecified atom stereocenters. The summed E-state index contributed by atoms with van der Waals surface area (Å²) in [6.07, 6.45) is -3.01. The lowest BCUT2D eigenvalue weighted by Gasteiger charge is -2.29. The molecule has 170 valence electrons. The van der Waals surface area contributed by atoms with Crippen LogP contribution in [0.15, 0.2) is 64.0 Å². The zero-order valence-electron chi connectivity index (χ0n) is 17.4. The van der Waals surface area contributed by atoms with Crippen LogP contribution < -0.4 is 10.3 Å². The van der Waals surface area contributed by atoms with Crippen LogP contribution in [0.1, 0.15) is 11.1 Å². The molecule has 0 atom stereocenters. The minimum atomic E-state index is -4.41. The Labute approximate surface area is 186 Å². The molecular formula is C23H19F3N4O3. The van der Waals surface area contributed by atoms with E-state index in [1.165, 1.54) is 24.4 Å². The maximum absolute atomic E-state index is 13.0. The number of aromatic nitrogens is 3. The molecule has 0 spiro atoms. The molecule has 0 bridgehead atoms. The summed E-state index contributed by atoms with van der Waals surface area (Å²) < 4.78 is 51.5. The average Bonchev–Trinajstić information content (AvgIpc) is 3.36. The number of ether oxygens (including phenoxy) is 1. The Morgan fingerprint density at radius 2 is 1.76 bits per heavy atom. The maximum Gasteiger partial charge on any atom is 0.416 e. The summed E-state index contributed by atoms with van der Waals surface area (Å²) in [5.74, 6) is 0.290. The number of hydrogen-bond donors (Lipinski definition) is 0. The lowest BCUT2D eigenvalue weighted by atomic mass is 10.1. The monoisotopic (exact) mass is 456 g/mol. The van der Waals surface area contributed by atoms with Crippen molar-refractivity contribution in [1.82, 2.24) is 14.9 Å². The van der Waals surface area contributed by atoms with E-state index in [0.29, 0.717) is 35.4 Å². The summed E-state index contributed by atoms with van der Waals surface area (Å²) in [6, 6.07) is 12.0. The summed E-state index contributed by atoms with van der Waals surface area (Å²) in [6.45, 7) is 2.89. The topological polar surface area (TPSA) is 73.4 Å². The molecule has 0 amide bonds. The van der Waals surface area contributed by atoms with Crippen molar-refractivity contribution in [3.05, 3.63) is 76.1 Å². The second-order valence-electron chi connectivity index (χ2n) is 7.76. The van der Waals surface area contributed by atoms with Crippen LogP contribution in [0.3, 0.4) is 0 Å². The normalized spacial score (nSPS) is 14.7. The van der Waals surface area contributed by atoms with Gasteiger partial charge in [-0.1, -0.05) is 12.1 Å². The van der Waals surface area contributed by atoms with Gasteiger partial charge >= 0.3 is 6.18 Å². The summed E-state index contributed by atoms with van der Waals surface area (Å²) in [7, 11) is 0. The van der Waals surface area contributed by atoms with Crippen molar-refractivity contribution in [3.63, 3.8) is 0 Å². The van der Waals surface area contributed by atoms with Crippen LogP contribution in [-0.4, -0.2) is 41.2 Å². The van der Waals surface area contributed by atoms with Gasteiger partial charge in [-0.25, -0.2) is 0 Å². The highest BCUT2D eigenvalue weighted by molar-refractivity contribution is 5.85. The first-order valence-corrected chi connectivity index (χ1v) is 10.3. The van der Waals surface area contributed by atoms with Crippen molar-refractivity contribution < 1.29 is 22.4 Å². The van der Waals surface area contributed by atoms with Crippen molar-refractivity contribution in [3.8, 4) is 11.5 Å².